The zero-order chi connectivity index (χ0) is 15.6. The fraction of sp³-hybridized carbons (Fsp3) is 0. The van der Waals surface area contributed by atoms with E-state index in [1.165, 1.54) is 18.2 Å². The third-order valence-corrected chi connectivity index (χ3v) is 4.12. The molecule has 0 amide bonds. The van der Waals surface area contributed by atoms with E-state index in [1.54, 1.807) is 0 Å². The number of benzene rings is 1. The van der Waals surface area contributed by atoms with Gasteiger partial charge in [-0.3, -0.25) is 4.72 Å². The summed E-state index contributed by atoms with van der Waals surface area (Å²) in [4.78, 5) is 13.7. The molecule has 1 aromatic heterocycles. The van der Waals surface area contributed by atoms with Crippen molar-refractivity contribution in [1.82, 2.24) is 4.98 Å². The van der Waals surface area contributed by atoms with E-state index in [9.17, 15) is 17.6 Å². The standard InChI is InChI=1S/C12H8ClFN2O4S/c13-8-2-1-3-9(11(8)14)21(19,20)16-10-5-4-7(6-15-10)12(17)18/h1-6H,(H,15,16)(H,17,18). The molecule has 0 spiro atoms. The fourth-order valence-corrected chi connectivity index (χ4v) is 2.81. The minimum atomic E-state index is -4.22. The van der Waals surface area contributed by atoms with Gasteiger partial charge in [0.15, 0.2) is 5.82 Å². The third-order valence-electron chi connectivity index (χ3n) is 2.46. The first-order valence-corrected chi connectivity index (χ1v) is 7.33. The summed E-state index contributed by atoms with van der Waals surface area (Å²) in [5.41, 5.74) is -0.105. The van der Waals surface area contributed by atoms with Gasteiger partial charge in [0.2, 0.25) is 0 Å². The van der Waals surface area contributed by atoms with Crippen LogP contribution in [-0.2, 0) is 10.0 Å². The van der Waals surface area contributed by atoms with Crippen LogP contribution >= 0.6 is 11.6 Å². The molecule has 1 heterocycles. The summed E-state index contributed by atoms with van der Waals surface area (Å²) < 4.78 is 39.8. The number of hydrogen-bond acceptors (Lipinski definition) is 4. The topological polar surface area (TPSA) is 96.4 Å². The zero-order valence-corrected chi connectivity index (χ0v) is 11.8. The lowest BCUT2D eigenvalue weighted by molar-refractivity contribution is 0.0696. The number of rotatable bonds is 4. The van der Waals surface area contributed by atoms with E-state index in [2.05, 4.69) is 4.98 Å². The number of anilines is 1. The van der Waals surface area contributed by atoms with Gasteiger partial charge in [0.25, 0.3) is 10.0 Å². The van der Waals surface area contributed by atoms with Crippen LogP contribution in [0.4, 0.5) is 10.2 Å². The van der Waals surface area contributed by atoms with Gasteiger partial charge < -0.3 is 5.11 Å². The number of aromatic carboxylic acids is 1. The highest BCUT2D eigenvalue weighted by Gasteiger charge is 2.21. The average Bonchev–Trinajstić information content (AvgIpc) is 2.41. The maximum absolute atomic E-state index is 13.7. The van der Waals surface area contributed by atoms with Crippen molar-refractivity contribution in [3.05, 3.63) is 52.9 Å². The number of hydrogen-bond donors (Lipinski definition) is 2. The molecule has 0 bridgehead atoms. The Hall–Kier alpha value is -2.19. The molecule has 21 heavy (non-hydrogen) atoms. The van der Waals surface area contributed by atoms with Gasteiger partial charge in [-0.05, 0) is 24.3 Å². The molecule has 0 unspecified atom stereocenters. The second kappa shape index (κ2) is 5.66. The van der Waals surface area contributed by atoms with Crippen molar-refractivity contribution in [2.45, 2.75) is 4.90 Å². The lowest BCUT2D eigenvalue weighted by Crippen LogP contribution is -2.15. The Labute approximate surface area is 124 Å². The highest BCUT2D eigenvalue weighted by atomic mass is 35.5. The van der Waals surface area contributed by atoms with Crippen LogP contribution in [0.5, 0.6) is 0 Å². The van der Waals surface area contributed by atoms with Gasteiger partial charge in [-0.1, -0.05) is 17.7 Å². The molecule has 0 fully saturated rings. The average molecular weight is 331 g/mol. The molecule has 2 aromatic rings. The number of carboxylic acids is 1. The van der Waals surface area contributed by atoms with E-state index in [-0.39, 0.29) is 16.4 Å². The number of pyridine rings is 1. The minimum Gasteiger partial charge on any atom is -0.478 e. The Morgan fingerprint density at radius 1 is 1.29 bits per heavy atom. The molecular weight excluding hydrogens is 323 g/mol. The van der Waals surface area contributed by atoms with E-state index in [0.717, 1.165) is 18.3 Å². The van der Waals surface area contributed by atoms with Crippen molar-refractivity contribution in [2.75, 3.05) is 4.72 Å². The molecule has 2 rings (SSSR count). The summed E-state index contributed by atoms with van der Waals surface area (Å²) in [5.74, 6) is -2.41. The first kappa shape index (κ1) is 15.2. The molecule has 0 aliphatic carbocycles. The number of carboxylic acid groups (broad SMARTS) is 1. The van der Waals surface area contributed by atoms with E-state index in [0.29, 0.717) is 0 Å². The SMILES string of the molecule is O=C(O)c1ccc(NS(=O)(=O)c2cccc(Cl)c2F)nc1. The van der Waals surface area contributed by atoms with Gasteiger partial charge in [0.1, 0.15) is 10.7 Å². The largest absolute Gasteiger partial charge is 0.478 e. The van der Waals surface area contributed by atoms with Crippen molar-refractivity contribution in [3.8, 4) is 0 Å². The van der Waals surface area contributed by atoms with Crippen LogP contribution < -0.4 is 4.72 Å². The number of carbonyl (C=O) groups is 1. The summed E-state index contributed by atoms with van der Waals surface area (Å²) in [6, 6.07) is 5.89. The van der Waals surface area contributed by atoms with Crippen molar-refractivity contribution in [1.29, 1.82) is 0 Å². The lowest BCUT2D eigenvalue weighted by atomic mass is 10.3. The molecule has 0 aliphatic rings. The minimum absolute atomic E-state index is 0.105. The second-order valence-electron chi connectivity index (χ2n) is 3.89. The second-order valence-corrected chi connectivity index (χ2v) is 5.95. The number of nitrogens with zero attached hydrogens (tertiary/aromatic N) is 1. The van der Waals surface area contributed by atoms with Gasteiger partial charge in [-0.15, -0.1) is 0 Å². The van der Waals surface area contributed by atoms with E-state index >= 15 is 0 Å². The number of nitrogens with one attached hydrogen (secondary N) is 1. The van der Waals surface area contributed by atoms with Gasteiger partial charge in [0, 0.05) is 6.20 Å². The third kappa shape index (κ3) is 3.29. The number of halogens is 2. The Balaban J connectivity index is 2.33. The molecule has 1 aromatic carbocycles. The van der Waals surface area contributed by atoms with Crippen LogP contribution in [0.1, 0.15) is 10.4 Å². The Morgan fingerprint density at radius 2 is 2.00 bits per heavy atom. The van der Waals surface area contributed by atoms with E-state index in [1.807, 2.05) is 4.72 Å². The van der Waals surface area contributed by atoms with Crippen molar-refractivity contribution in [2.24, 2.45) is 0 Å². The predicted molar refractivity (Wildman–Crippen MR) is 73.4 cm³/mol. The molecule has 6 nitrogen and oxygen atoms in total. The number of aromatic nitrogens is 1. The van der Waals surface area contributed by atoms with Crippen LogP contribution in [0.2, 0.25) is 5.02 Å². The normalized spacial score (nSPS) is 11.1. The molecular formula is C12H8ClFN2O4S. The quantitative estimate of drug-likeness (QED) is 0.897. The first-order chi connectivity index (χ1) is 9.81. The van der Waals surface area contributed by atoms with Gasteiger partial charge in [-0.2, -0.15) is 0 Å². The number of sulfonamides is 1. The molecule has 0 aliphatic heterocycles. The molecule has 110 valence electrons. The molecule has 0 saturated heterocycles. The van der Waals surface area contributed by atoms with Gasteiger partial charge >= 0.3 is 5.97 Å². The summed E-state index contributed by atoms with van der Waals surface area (Å²) in [7, 11) is -4.22. The zero-order valence-electron chi connectivity index (χ0n) is 10.2. The van der Waals surface area contributed by atoms with Crippen LogP contribution in [0.3, 0.4) is 0 Å². The highest BCUT2D eigenvalue weighted by molar-refractivity contribution is 7.92. The molecule has 0 radical (unpaired) electrons. The Morgan fingerprint density at radius 3 is 2.57 bits per heavy atom. The monoisotopic (exact) mass is 330 g/mol. The van der Waals surface area contributed by atoms with Crippen LogP contribution in [0.25, 0.3) is 0 Å². The first-order valence-electron chi connectivity index (χ1n) is 5.47. The summed E-state index contributed by atoms with van der Waals surface area (Å²) >= 11 is 5.53. The maximum atomic E-state index is 13.7. The fourth-order valence-electron chi connectivity index (χ4n) is 1.46. The summed E-state index contributed by atoms with van der Waals surface area (Å²) in [5, 5.41) is 8.38. The molecule has 2 N–H and O–H groups in total. The van der Waals surface area contributed by atoms with E-state index in [4.69, 9.17) is 16.7 Å². The Kier molecular flexibility index (Phi) is 4.10. The smallest absolute Gasteiger partial charge is 0.337 e. The van der Waals surface area contributed by atoms with E-state index < -0.39 is 26.7 Å². The van der Waals surface area contributed by atoms with Gasteiger partial charge in [-0.25, -0.2) is 22.6 Å². The van der Waals surface area contributed by atoms with Gasteiger partial charge in [0.05, 0.1) is 10.6 Å². The van der Waals surface area contributed by atoms with Crippen molar-refractivity contribution in [3.63, 3.8) is 0 Å². The summed E-state index contributed by atoms with van der Waals surface area (Å²) in [6.07, 6.45) is 0.981. The van der Waals surface area contributed by atoms with Crippen molar-refractivity contribution >= 4 is 33.4 Å². The van der Waals surface area contributed by atoms with Crippen molar-refractivity contribution < 1.29 is 22.7 Å². The Bertz CT molecular complexity index is 793. The summed E-state index contributed by atoms with van der Waals surface area (Å²) in [6.45, 7) is 0. The van der Waals surface area contributed by atoms with Crippen LogP contribution in [0, 0.1) is 5.82 Å². The highest BCUT2D eigenvalue weighted by Crippen LogP contribution is 2.23. The van der Waals surface area contributed by atoms with Crippen LogP contribution in [-0.4, -0.2) is 24.5 Å². The maximum Gasteiger partial charge on any atom is 0.337 e. The molecule has 0 atom stereocenters. The lowest BCUT2D eigenvalue weighted by Gasteiger charge is -2.08. The molecule has 0 saturated carbocycles. The molecule has 9 heteroatoms. The van der Waals surface area contributed by atoms with Crippen LogP contribution in [0.15, 0.2) is 41.4 Å². The predicted octanol–water partition coefficient (Wildman–Crippen LogP) is 2.37.